The molecular formula is C19H18ClN3O. The molecule has 2 aromatic carbocycles. The minimum absolute atomic E-state index is 0.207. The van der Waals surface area contributed by atoms with Crippen LogP contribution in [0, 0.1) is 0 Å². The van der Waals surface area contributed by atoms with Gasteiger partial charge in [-0.2, -0.15) is 0 Å². The number of nitrogens with zero attached hydrogens (tertiary/aromatic N) is 3. The van der Waals surface area contributed by atoms with Crippen LogP contribution < -0.4 is 4.90 Å². The second kappa shape index (κ2) is 6.29. The van der Waals surface area contributed by atoms with Gasteiger partial charge < -0.3 is 10.0 Å². The molecule has 122 valence electrons. The molecule has 1 aromatic heterocycles. The molecule has 24 heavy (non-hydrogen) atoms. The Labute approximate surface area is 145 Å². The molecule has 1 aliphatic rings. The van der Waals surface area contributed by atoms with E-state index in [1.807, 2.05) is 24.4 Å². The molecule has 1 aliphatic heterocycles. The van der Waals surface area contributed by atoms with E-state index in [0.717, 1.165) is 35.5 Å². The van der Waals surface area contributed by atoms with E-state index in [1.54, 1.807) is 18.2 Å². The summed E-state index contributed by atoms with van der Waals surface area (Å²) in [5.41, 5.74) is 3.26. The van der Waals surface area contributed by atoms with Crippen molar-refractivity contribution in [1.82, 2.24) is 9.97 Å². The summed E-state index contributed by atoms with van der Waals surface area (Å²) in [4.78, 5) is 11.6. The Kier molecular flexibility index (Phi) is 3.98. The number of phenols is 1. The lowest BCUT2D eigenvalue weighted by Crippen LogP contribution is -2.30. The van der Waals surface area contributed by atoms with Gasteiger partial charge in [0.1, 0.15) is 11.6 Å². The first-order valence-corrected chi connectivity index (χ1v) is 8.59. The zero-order valence-electron chi connectivity index (χ0n) is 13.2. The molecule has 0 atom stereocenters. The molecule has 0 amide bonds. The number of fused-ring (bicyclic) bond motifs is 1. The average Bonchev–Trinajstić information content (AvgIpc) is 2.63. The second-order valence-corrected chi connectivity index (χ2v) is 6.58. The lowest BCUT2D eigenvalue weighted by molar-refractivity contribution is 0.477. The molecule has 2 heterocycles. The molecule has 1 fully saturated rings. The van der Waals surface area contributed by atoms with Crippen molar-refractivity contribution in [3.8, 4) is 16.9 Å². The molecule has 0 radical (unpaired) electrons. The molecule has 0 spiro atoms. The van der Waals surface area contributed by atoms with Gasteiger partial charge >= 0.3 is 0 Å². The predicted molar refractivity (Wildman–Crippen MR) is 97.7 cm³/mol. The van der Waals surface area contributed by atoms with Gasteiger partial charge in [0.05, 0.1) is 17.2 Å². The number of phenolic OH excluding ortho intramolecular Hbond substituents is 1. The number of aromatic nitrogens is 2. The lowest BCUT2D eigenvalue weighted by atomic mass is 10.0. The molecule has 1 saturated heterocycles. The maximum Gasteiger partial charge on any atom is 0.147 e. The zero-order chi connectivity index (χ0) is 16.5. The first kappa shape index (κ1) is 15.2. The SMILES string of the molecule is Oc1ccc(Cl)cc1-c1ccc2ncc(N3CCCCC3)nc2c1. The van der Waals surface area contributed by atoms with Gasteiger partial charge in [-0.1, -0.05) is 17.7 Å². The van der Waals surface area contributed by atoms with Crippen LogP contribution in [-0.2, 0) is 0 Å². The number of halogens is 1. The lowest BCUT2D eigenvalue weighted by Gasteiger charge is -2.27. The quantitative estimate of drug-likeness (QED) is 0.738. The van der Waals surface area contributed by atoms with Gasteiger partial charge in [0.2, 0.25) is 0 Å². The summed E-state index contributed by atoms with van der Waals surface area (Å²) in [5, 5.41) is 10.7. The highest BCUT2D eigenvalue weighted by molar-refractivity contribution is 6.31. The summed E-state index contributed by atoms with van der Waals surface area (Å²) >= 11 is 6.07. The van der Waals surface area contributed by atoms with Gasteiger partial charge in [0, 0.05) is 23.7 Å². The number of aromatic hydroxyl groups is 1. The summed E-state index contributed by atoms with van der Waals surface area (Å²) in [6.07, 6.45) is 5.55. The number of hydrogen-bond donors (Lipinski definition) is 1. The van der Waals surface area contributed by atoms with Crippen LogP contribution in [0.2, 0.25) is 5.02 Å². The standard InChI is InChI=1S/C19H18ClN3O/c20-14-5-7-18(24)15(11-14)13-4-6-16-17(10-13)22-19(12-21-16)23-8-2-1-3-9-23/h4-7,10-12,24H,1-3,8-9H2. The number of anilines is 1. The Morgan fingerprint density at radius 1 is 0.958 bits per heavy atom. The van der Waals surface area contributed by atoms with Crippen molar-refractivity contribution in [2.24, 2.45) is 0 Å². The largest absolute Gasteiger partial charge is 0.507 e. The van der Waals surface area contributed by atoms with Crippen molar-refractivity contribution in [2.45, 2.75) is 19.3 Å². The average molecular weight is 340 g/mol. The van der Waals surface area contributed by atoms with Crippen LogP contribution in [0.4, 0.5) is 5.82 Å². The molecule has 5 heteroatoms. The molecule has 0 saturated carbocycles. The van der Waals surface area contributed by atoms with Crippen molar-refractivity contribution in [2.75, 3.05) is 18.0 Å². The first-order chi connectivity index (χ1) is 11.7. The fourth-order valence-corrected chi connectivity index (χ4v) is 3.36. The van der Waals surface area contributed by atoms with E-state index < -0.39 is 0 Å². The first-order valence-electron chi connectivity index (χ1n) is 8.21. The maximum absolute atomic E-state index is 10.1. The van der Waals surface area contributed by atoms with Crippen LogP contribution in [0.3, 0.4) is 0 Å². The Morgan fingerprint density at radius 2 is 1.79 bits per heavy atom. The van der Waals surface area contributed by atoms with Crippen LogP contribution in [0.5, 0.6) is 5.75 Å². The Balaban J connectivity index is 1.77. The third-order valence-electron chi connectivity index (χ3n) is 4.48. The Hall–Kier alpha value is -2.33. The van der Waals surface area contributed by atoms with Crippen molar-refractivity contribution >= 4 is 28.5 Å². The van der Waals surface area contributed by atoms with Crippen LogP contribution >= 0.6 is 11.6 Å². The topological polar surface area (TPSA) is 49.3 Å². The van der Waals surface area contributed by atoms with Crippen LogP contribution in [0.25, 0.3) is 22.2 Å². The van der Waals surface area contributed by atoms with E-state index in [0.29, 0.717) is 10.6 Å². The predicted octanol–water partition coefficient (Wildman–Crippen LogP) is 4.65. The number of piperidine rings is 1. The summed E-state index contributed by atoms with van der Waals surface area (Å²) in [6, 6.07) is 10.9. The van der Waals surface area contributed by atoms with Crippen molar-refractivity contribution in [1.29, 1.82) is 0 Å². The zero-order valence-corrected chi connectivity index (χ0v) is 14.0. The van der Waals surface area contributed by atoms with Gasteiger partial charge in [-0.3, -0.25) is 4.98 Å². The van der Waals surface area contributed by atoms with Gasteiger partial charge in [0.25, 0.3) is 0 Å². The minimum Gasteiger partial charge on any atom is -0.507 e. The smallest absolute Gasteiger partial charge is 0.147 e. The van der Waals surface area contributed by atoms with Crippen molar-refractivity contribution in [3.05, 3.63) is 47.6 Å². The van der Waals surface area contributed by atoms with Gasteiger partial charge in [-0.25, -0.2) is 4.98 Å². The van der Waals surface area contributed by atoms with Crippen molar-refractivity contribution in [3.63, 3.8) is 0 Å². The maximum atomic E-state index is 10.1. The molecule has 4 rings (SSSR count). The Bertz CT molecular complexity index is 891. The third-order valence-corrected chi connectivity index (χ3v) is 4.71. The Morgan fingerprint density at radius 3 is 2.62 bits per heavy atom. The molecular weight excluding hydrogens is 322 g/mol. The molecule has 4 nitrogen and oxygen atoms in total. The third kappa shape index (κ3) is 2.89. The minimum atomic E-state index is 0.207. The van der Waals surface area contributed by atoms with Crippen LogP contribution in [0.1, 0.15) is 19.3 Å². The van der Waals surface area contributed by atoms with E-state index >= 15 is 0 Å². The van der Waals surface area contributed by atoms with Gasteiger partial charge in [0.15, 0.2) is 0 Å². The molecule has 0 aliphatic carbocycles. The van der Waals surface area contributed by atoms with E-state index in [4.69, 9.17) is 16.6 Å². The number of rotatable bonds is 2. The summed E-state index contributed by atoms with van der Waals surface area (Å²) in [5.74, 6) is 1.13. The van der Waals surface area contributed by atoms with Crippen molar-refractivity contribution < 1.29 is 5.11 Å². The van der Waals surface area contributed by atoms with E-state index in [1.165, 1.54) is 19.3 Å². The van der Waals surface area contributed by atoms with Crippen LogP contribution in [0.15, 0.2) is 42.6 Å². The fraction of sp³-hybridized carbons (Fsp3) is 0.263. The molecule has 0 unspecified atom stereocenters. The highest BCUT2D eigenvalue weighted by atomic mass is 35.5. The van der Waals surface area contributed by atoms with Gasteiger partial charge in [-0.05, 0) is 55.2 Å². The van der Waals surface area contributed by atoms with E-state index in [9.17, 15) is 5.11 Å². The highest BCUT2D eigenvalue weighted by Gasteiger charge is 2.13. The van der Waals surface area contributed by atoms with E-state index in [-0.39, 0.29) is 5.75 Å². The number of hydrogen-bond acceptors (Lipinski definition) is 4. The summed E-state index contributed by atoms with van der Waals surface area (Å²) < 4.78 is 0. The summed E-state index contributed by atoms with van der Waals surface area (Å²) in [6.45, 7) is 2.07. The van der Waals surface area contributed by atoms with Crippen LogP contribution in [-0.4, -0.2) is 28.2 Å². The molecule has 1 N–H and O–H groups in total. The fourth-order valence-electron chi connectivity index (χ4n) is 3.18. The van der Waals surface area contributed by atoms with E-state index in [2.05, 4.69) is 9.88 Å². The molecule has 3 aromatic rings. The normalized spacial score (nSPS) is 15.0. The number of benzene rings is 2. The molecule has 0 bridgehead atoms. The summed E-state index contributed by atoms with van der Waals surface area (Å²) in [7, 11) is 0. The monoisotopic (exact) mass is 339 g/mol. The van der Waals surface area contributed by atoms with Gasteiger partial charge in [-0.15, -0.1) is 0 Å². The second-order valence-electron chi connectivity index (χ2n) is 6.14. The highest BCUT2D eigenvalue weighted by Crippen LogP contribution is 2.33.